The van der Waals surface area contributed by atoms with Crippen LogP contribution in [0.4, 0.5) is 34.1 Å². The van der Waals surface area contributed by atoms with Crippen molar-refractivity contribution in [3.63, 3.8) is 0 Å². The molecule has 0 aliphatic rings. The molecule has 2 nitrogen and oxygen atoms in total. The standard InChI is InChI=1S/C52H40N2/c1-3-14-39(4-2)41-23-31-47(32-24-41)53(48-33-25-42(26-34-48)40-15-7-5-8-16-40)49-35-27-43(28-36-49)44-29-37-50(38-30-44)54(46-19-9-6-10-20-46)52-22-13-18-45-17-11-12-21-51(45)52/h3-38H,1-2H2/b39-14+. The lowest BCUT2D eigenvalue weighted by atomic mass is 10.0. The van der Waals surface area contributed by atoms with Gasteiger partial charge in [0.15, 0.2) is 0 Å². The minimum absolute atomic E-state index is 1.04. The van der Waals surface area contributed by atoms with E-state index in [2.05, 4.69) is 223 Å². The quantitative estimate of drug-likeness (QED) is 0.125. The van der Waals surface area contributed by atoms with Crippen molar-refractivity contribution in [2.75, 3.05) is 9.80 Å². The number of fused-ring (bicyclic) bond motifs is 1. The second kappa shape index (κ2) is 15.6. The first-order valence-corrected chi connectivity index (χ1v) is 18.2. The van der Waals surface area contributed by atoms with Crippen LogP contribution in [-0.4, -0.2) is 0 Å². The maximum atomic E-state index is 4.00. The first kappa shape index (κ1) is 34.0. The lowest BCUT2D eigenvalue weighted by Gasteiger charge is -2.27. The van der Waals surface area contributed by atoms with Crippen molar-refractivity contribution in [3.8, 4) is 22.3 Å². The largest absolute Gasteiger partial charge is 0.311 e. The number of rotatable bonds is 11. The third kappa shape index (κ3) is 7.01. The molecular formula is C52H40N2. The molecule has 0 heterocycles. The molecule has 0 amide bonds. The van der Waals surface area contributed by atoms with E-state index < -0.39 is 0 Å². The van der Waals surface area contributed by atoms with E-state index in [1.807, 2.05) is 12.2 Å². The summed E-state index contributed by atoms with van der Waals surface area (Å²) in [5, 5.41) is 2.43. The first-order chi connectivity index (χ1) is 26.7. The third-order valence-electron chi connectivity index (χ3n) is 9.82. The number of benzene rings is 8. The molecule has 2 heteroatoms. The Hall–Kier alpha value is -7.16. The SMILES string of the molecule is C=C/C=C(\C=C)c1ccc(N(c2ccc(-c3ccccc3)cc2)c2ccc(-c3ccc(N(c4ccccc4)c4cccc5ccccc45)cc3)cc2)cc1. The third-order valence-corrected chi connectivity index (χ3v) is 9.82. The van der Waals surface area contributed by atoms with E-state index in [9.17, 15) is 0 Å². The Kier molecular flexibility index (Phi) is 9.82. The zero-order valence-corrected chi connectivity index (χ0v) is 30.1. The Morgan fingerprint density at radius 2 is 0.796 bits per heavy atom. The molecule has 8 aromatic rings. The smallest absolute Gasteiger partial charge is 0.0540 e. The summed E-state index contributed by atoms with van der Waals surface area (Å²) < 4.78 is 0. The second-order valence-electron chi connectivity index (χ2n) is 13.1. The van der Waals surface area contributed by atoms with E-state index in [-0.39, 0.29) is 0 Å². The normalized spacial score (nSPS) is 11.2. The van der Waals surface area contributed by atoms with Gasteiger partial charge in [0.2, 0.25) is 0 Å². The van der Waals surface area contributed by atoms with E-state index >= 15 is 0 Å². The monoisotopic (exact) mass is 692 g/mol. The highest BCUT2D eigenvalue weighted by molar-refractivity contribution is 5.99. The highest BCUT2D eigenvalue weighted by Gasteiger charge is 2.16. The van der Waals surface area contributed by atoms with Gasteiger partial charge in [-0.2, -0.15) is 0 Å². The van der Waals surface area contributed by atoms with Gasteiger partial charge in [-0.1, -0.05) is 165 Å². The van der Waals surface area contributed by atoms with Crippen molar-refractivity contribution in [2.45, 2.75) is 0 Å². The van der Waals surface area contributed by atoms with Gasteiger partial charge in [-0.05, 0) is 106 Å². The minimum Gasteiger partial charge on any atom is -0.311 e. The number of hydrogen-bond donors (Lipinski definition) is 0. The van der Waals surface area contributed by atoms with E-state index in [0.29, 0.717) is 0 Å². The van der Waals surface area contributed by atoms with Crippen LogP contribution in [-0.2, 0) is 0 Å². The number of nitrogens with zero attached hydrogens (tertiary/aromatic N) is 2. The number of para-hydroxylation sites is 1. The molecular weight excluding hydrogens is 653 g/mol. The summed E-state index contributed by atoms with van der Waals surface area (Å²) in [6.07, 6.45) is 5.64. The molecule has 8 aromatic carbocycles. The molecule has 0 saturated carbocycles. The molecule has 0 saturated heterocycles. The first-order valence-electron chi connectivity index (χ1n) is 18.2. The molecule has 0 atom stereocenters. The van der Waals surface area contributed by atoms with Gasteiger partial charge in [-0.15, -0.1) is 0 Å². The number of hydrogen-bond acceptors (Lipinski definition) is 2. The molecule has 0 aromatic heterocycles. The maximum Gasteiger partial charge on any atom is 0.0540 e. The van der Waals surface area contributed by atoms with Gasteiger partial charge in [0, 0.05) is 33.8 Å². The summed E-state index contributed by atoms with van der Waals surface area (Å²) in [5.74, 6) is 0. The predicted molar refractivity (Wildman–Crippen MR) is 233 cm³/mol. The van der Waals surface area contributed by atoms with E-state index in [1.165, 1.54) is 21.9 Å². The molecule has 0 bridgehead atoms. The van der Waals surface area contributed by atoms with Gasteiger partial charge < -0.3 is 9.80 Å². The van der Waals surface area contributed by atoms with Crippen molar-refractivity contribution < 1.29 is 0 Å². The summed E-state index contributed by atoms with van der Waals surface area (Å²) in [7, 11) is 0. The van der Waals surface area contributed by atoms with E-state index in [1.54, 1.807) is 6.08 Å². The molecule has 0 unspecified atom stereocenters. The molecule has 0 fully saturated rings. The molecule has 0 aliphatic heterocycles. The average Bonchev–Trinajstić information content (AvgIpc) is 3.25. The fourth-order valence-electron chi connectivity index (χ4n) is 7.11. The van der Waals surface area contributed by atoms with Crippen LogP contribution in [0.25, 0.3) is 38.6 Å². The van der Waals surface area contributed by atoms with Crippen LogP contribution in [0, 0.1) is 0 Å². The summed E-state index contributed by atoms with van der Waals surface area (Å²) in [4.78, 5) is 4.64. The van der Waals surface area contributed by atoms with Crippen molar-refractivity contribution in [1.29, 1.82) is 0 Å². The van der Waals surface area contributed by atoms with E-state index in [4.69, 9.17) is 0 Å². The Balaban J connectivity index is 1.13. The lowest BCUT2D eigenvalue weighted by molar-refractivity contribution is 1.28. The fourth-order valence-corrected chi connectivity index (χ4v) is 7.11. The van der Waals surface area contributed by atoms with Crippen molar-refractivity contribution in [3.05, 3.63) is 237 Å². The predicted octanol–water partition coefficient (Wildman–Crippen LogP) is 14.9. The number of allylic oxidation sites excluding steroid dienone is 4. The summed E-state index contributed by atoms with van der Waals surface area (Å²) in [6.45, 7) is 7.87. The summed E-state index contributed by atoms with van der Waals surface area (Å²) >= 11 is 0. The van der Waals surface area contributed by atoms with E-state index in [0.717, 1.165) is 56.4 Å². The van der Waals surface area contributed by atoms with Crippen molar-refractivity contribution in [2.24, 2.45) is 0 Å². The van der Waals surface area contributed by atoms with Crippen LogP contribution in [0.2, 0.25) is 0 Å². The van der Waals surface area contributed by atoms with Crippen LogP contribution >= 0.6 is 0 Å². The topological polar surface area (TPSA) is 6.48 Å². The van der Waals surface area contributed by atoms with Crippen LogP contribution in [0.3, 0.4) is 0 Å². The summed E-state index contributed by atoms with van der Waals surface area (Å²) in [5.41, 5.74) is 13.4. The molecule has 258 valence electrons. The van der Waals surface area contributed by atoms with Gasteiger partial charge in [-0.3, -0.25) is 0 Å². The molecule has 0 radical (unpaired) electrons. The highest BCUT2D eigenvalue weighted by Crippen LogP contribution is 2.41. The van der Waals surface area contributed by atoms with Crippen LogP contribution < -0.4 is 9.80 Å². The van der Waals surface area contributed by atoms with Gasteiger partial charge in [0.25, 0.3) is 0 Å². The number of anilines is 6. The Morgan fingerprint density at radius 3 is 1.33 bits per heavy atom. The molecule has 8 rings (SSSR count). The average molecular weight is 693 g/mol. The Bertz CT molecular complexity index is 2530. The lowest BCUT2D eigenvalue weighted by Crippen LogP contribution is -2.10. The highest BCUT2D eigenvalue weighted by atomic mass is 15.1. The van der Waals surface area contributed by atoms with Crippen LogP contribution in [0.1, 0.15) is 5.56 Å². The van der Waals surface area contributed by atoms with Crippen LogP contribution in [0.15, 0.2) is 232 Å². The minimum atomic E-state index is 1.04. The molecule has 0 aliphatic carbocycles. The van der Waals surface area contributed by atoms with Crippen molar-refractivity contribution >= 4 is 50.5 Å². The Morgan fingerprint density at radius 1 is 0.370 bits per heavy atom. The molecule has 0 N–H and O–H groups in total. The van der Waals surface area contributed by atoms with Gasteiger partial charge >= 0.3 is 0 Å². The van der Waals surface area contributed by atoms with Crippen LogP contribution in [0.5, 0.6) is 0 Å². The molecule has 0 spiro atoms. The van der Waals surface area contributed by atoms with Gasteiger partial charge in [0.1, 0.15) is 0 Å². The fraction of sp³-hybridized carbons (Fsp3) is 0. The molecule has 54 heavy (non-hydrogen) atoms. The van der Waals surface area contributed by atoms with Gasteiger partial charge in [-0.25, -0.2) is 0 Å². The van der Waals surface area contributed by atoms with Crippen molar-refractivity contribution in [1.82, 2.24) is 0 Å². The zero-order chi connectivity index (χ0) is 36.7. The maximum absolute atomic E-state index is 4.00. The second-order valence-corrected chi connectivity index (χ2v) is 13.1. The summed E-state index contributed by atoms with van der Waals surface area (Å²) in [6, 6.07) is 71.3. The van der Waals surface area contributed by atoms with Gasteiger partial charge in [0.05, 0.1) is 5.69 Å². The Labute approximate surface area is 318 Å². The zero-order valence-electron chi connectivity index (χ0n) is 30.1.